The summed E-state index contributed by atoms with van der Waals surface area (Å²) in [5.74, 6) is -0.647. The van der Waals surface area contributed by atoms with Crippen LogP contribution in [0.2, 0.25) is 0 Å². The van der Waals surface area contributed by atoms with Crippen molar-refractivity contribution >= 4 is 11.9 Å². The van der Waals surface area contributed by atoms with Gasteiger partial charge in [-0.05, 0) is 18.9 Å². The van der Waals surface area contributed by atoms with Crippen molar-refractivity contribution in [3.8, 4) is 0 Å². The van der Waals surface area contributed by atoms with Crippen LogP contribution in [0.3, 0.4) is 0 Å². The number of rotatable bonds is 3. The fourth-order valence-electron chi connectivity index (χ4n) is 1.42. The Hall–Kier alpha value is -1.91. The number of nitrogens with one attached hydrogen (secondary N) is 2. The van der Waals surface area contributed by atoms with Gasteiger partial charge in [0.1, 0.15) is 5.82 Å². The average molecular weight is 236 g/mol. The fourth-order valence-corrected chi connectivity index (χ4v) is 1.42. The quantitative estimate of drug-likeness (QED) is 0.836. The third-order valence-corrected chi connectivity index (χ3v) is 2.58. The normalized spacial score (nSPS) is 14.2. The molecule has 0 spiro atoms. The van der Waals surface area contributed by atoms with Crippen molar-refractivity contribution in [3.63, 3.8) is 0 Å². The molecule has 1 aromatic rings. The van der Waals surface area contributed by atoms with Gasteiger partial charge in [-0.2, -0.15) is 0 Å². The van der Waals surface area contributed by atoms with Crippen LogP contribution in [-0.4, -0.2) is 11.9 Å². The first kappa shape index (κ1) is 11.6. The standard InChI is InChI=1S/C12H13FN2O2/c13-10-4-2-1-3-9(10)7-14-12(17)15-11(16)8-5-6-8/h1-4,8H,5-7H2,(H2,14,15,16,17). The second-order valence-electron chi connectivity index (χ2n) is 4.04. The predicted octanol–water partition coefficient (Wildman–Crippen LogP) is 1.56. The summed E-state index contributed by atoms with van der Waals surface area (Å²) in [5, 5.41) is 4.66. The molecule has 5 heteroatoms. The lowest BCUT2D eigenvalue weighted by Gasteiger charge is -2.06. The van der Waals surface area contributed by atoms with Gasteiger partial charge in [0.05, 0.1) is 0 Å². The van der Waals surface area contributed by atoms with Crippen LogP contribution in [0, 0.1) is 11.7 Å². The lowest BCUT2D eigenvalue weighted by Crippen LogP contribution is -2.39. The van der Waals surface area contributed by atoms with E-state index in [0.29, 0.717) is 5.56 Å². The Morgan fingerprint density at radius 1 is 1.29 bits per heavy atom. The summed E-state index contributed by atoms with van der Waals surface area (Å²) in [7, 11) is 0. The molecular formula is C12H13FN2O2. The molecule has 0 unspecified atom stereocenters. The molecule has 2 rings (SSSR count). The maximum atomic E-state index is 13.2. The maximum absolute atomic E-state index is 13.2. The topological polar surface area (TPSA) is 58.2 Å². The van der Waals surface area contributed by atoms with E-state index in [1.54, 1.807) is 18.2 Å². The van der Waals surface area contributed by atoms with E-state index in [1.807, 2.05) is 0 Å². The van der Waals surface area contributed by atoms with Crippen molar-refractivity contribution in [2.24, 2.45) is 5.92 Å². The maximum Gasteiger partial charge on any atom is 0.321 e. The van der Waals surface area contributed by atoms with Gasteiger partial charge in [-0.15, -0.1) is 0 Å². The van der Waals surface area contributed by atoms with Crippen LogP contribution in [0.4, 0.5) is 9.18 Å². The zero-order valence-electron chi connectivity index (χ0n) is 9.20. The lowest BCUT2D eigenvalue weighted by atomic mass is 10.2. The molecule has 3 amide bonds. The van der Waals surface area contributed by atoms with Gasteiger partial charge < -0.3 is 5.32 Å². The van der Waals surface area contributed by atoms with E-state index >= 15 is 0 Å². The molecule has 1 aromatic carbocycles. The third kappa shape index (κ3) is 3.27. The Kier molecular flexibility index (Phi) is 3.37. The number of carbonyl (C=O) groups excluding carboxylic acids is 2. The van der Waals surface area contributed by atoms with Gasteiger partial charge in [0.15, 0.2) is 0 Å². The van der Waals surface area contributed by atoms with E-state index in [2.05, 4.69) is 10.6 Å². The number of amides is 3. The van der Waals surface area contributed by atoms with Gasteiger partial charge in [-0.3, -0.25) is 10.1 Å². The van der Waals surface area contributed by atoms with Crippen molar-refractivity contribution < 1.29 is 14.0 Å². The molecule has 0 heterocycles. The SMILES string of the molecule is O=C(NCc1ccccc1F)NC(=O)C1CC1. The Bertz CT molecular complexity index is 444. The molecule has 17 heavy (non-hydrogen) atoms. The van der Waals surface area contributed by atoms with E-state index < -0.39 is 6.03 Å². The highest BCUT2D eigenvalue weighted by atomic mass is 19.1. The van der Waals surface area contributed by atoms with E-state index in [9.17, 15) is 14.0 Å². The summed E-state index contributed by atoms with van der Waals surface area (Å²) < 4.78 is 13.2. The van der Waals surface area contributed by atoms with E-state index in [4.69, 9.17) is 0 Å². The van der Waals surface area contributed by atoms with Crippen LogP contribution in [0.15, 0.2) is 24.3 Å². The summed E-state index contributed by atoms with van der Waals surface area (Å²) in [5.41, 5.74) is 0.390. The number of halogens is 1. The minimum absolute atomic E-state index is 0.0192. The van der Waals surface area contributed by atoms with Gasteiger partial charge in [-0.1, -0.05) is 18.2 Å². The smallest absolute Gasteiger partial charge is 0.321 e. The molecule has 0 saturated heterocycles. The van der Waals surface area contributed by atoms with E-state index in [-0.39, 0.29) is 24.2 Å². The Labute approximate surface area is 98.2 Å². The fraction of sp³-hybridized carbons (Fsp3) is 0.333. The Balaban J connectivity index is 1.79. The first-order valence-corrected chi connectivity index (χ1v) is 5.49. The summed E-state index contributed by atoms with van der Waals surface area (Å²) in [6.45, 7) is 0.0659. The average Bonchev–Trinajstić information content (AvgIpc) is 3.11. The molecule has 2 N–H and O–H groups in total. The van der Waals surface area contributed by atoms with Gasteiger partial charge in [0, 0.05) is 18.0 Å². The highest BCUT2D eigenvalue weighted by molar-refractivity contribution is 5.96. The van der Waals surface area contributed by atoms with Crippen LogP contribution < -0.4 is 10.6 Å². The monoisotopic (exact) mass is 236 g/mol. The van der Waals surface area contributed by atoms with Crippen LogP contribution in [0.5, 0.6) is 0 Å². The minimum Gasteiger partial charge on any atom is -0.334 e. The zero-order valence-corrected chi connectivity index (χ0v) is 9.20. The second-order valence-corrected chi connectivity index (χ2v) is 4.04. The first-order valence-electron chi connectivity index (χ1n) is 5.49. The Morgan fingerprint density at radius 2 is 2.00 bits per heavy atom. The molecule has 1 saturated carbocycles. The number of imide groups is 1. The molecule has 0 atom stereocenters. The largest absolute Gasteiger partial charge is 0.334 e. The molecule has 1 aliphatic carbocycles. The van der Waals surface area contributed by atoms with Crippen LogP contribution >= 0.6 is 0 Å². The molecule has 0 bridgehead atoms. The molecule has 4 nitrogen and oxygen atoms in total. The highest BCUT2D eigenvalue weighted by Crippen LogP contribution is 2.28. The number of hydrogen-bond donors (Lipinski definition) is 2. The summed E-state index contributed by atoms with van der Waals surface area (Å²) in [6, 6.07) is 5.59. The molecule has 1 fully saturated rings. The van der Waals surface area contributed by atoms with Gasteiger partial charge in [-0.25, -0.2) is 9.18 Å². The predicted molar refractivity (Wildman–Crippen MR) is 59.5 cm³/mol. The van der Waals surface area contributed by atoms with Crippen LogP contribution in [0.25, 0.3) is 0 Å². The van der Waals surface area contributed by atoms with E-state index in [1.165, 1.54) is 6.07 Å². The van der Waals surface area contributed by atoms with Crippen LogP contribution in [0.1, 0.15) is 18.4 Å². The molecule has 0 aromatic heterocycles. The molecule has 0 aliphatic heterocycles. The molecule has 0 radical (unpaired) electrons. The number of hydrogen-bond acceptors (Lipinski definition) is 2. The highest BCUT2D eigenvalue weighted by Gasteiger charge is 2.30. The van der Waals surface area contributed by atoms with Gasteiger partial charge >= 0.3 is 6.03 Å². The van der Waals surface area contributed by atoms with Crippen molar-refractivity contribution in [2.75, 3.05) is 0 Å². The molecule has 1 aliphatic rings. The number of benzene rings is 1. The van der Waals surface area contributed by atoms with Crippen molar-refractivity contribution in [3.05, 3.63) is 35.6 Å². The van der Waals surface area contributed by atoms with Crippen molar-refractivity contribution in [1.82, 2.24) is 10.6 Å². The summed E-state index contributed by atoms with van der Waals surface area (Å²) in [4.78, 5) is 22.6. The molecular weight excluding hydrogens is 223 g/mol. The summed E-state index contributed by atoms with van der Waals surface area (Å²) in [6.07, 6.45) is 1.68. The van der Waals surface area contributed by atoms with Gasteiger partial charge in [0.25, 0.3) is 0 Å². The van der Waals surface area contributed by atoms with Gasteiger partial charge in [0.2, 0.25) is 5.91 Å². The second kappa shape index (κ2) is 4.95. The molecule has 90 valence electrons. The van der Waals surface area contributed by atoms with Crippen LogP contribution in [-0.2, 0) is 11.3 Å². The van der Waals surface area contributed by atoms with Crippen molar-refractivity contribution in [1.29, 1.82) is 0 Å². The third-order valence-electron chi connectivity index (χ3n) is 2.58. The minimum atomic E-state index is -0.579. The van der Waals surface area contributed by atoms with E-state index in [0.717, 1.165) is 12.8 Å². The number of carbonyl (C=O) groups is 2. The summed E-state index contributed by atoms with van der Waals surface area (Å²) >= 11 is 0. The first-order chi connectivity index (χ1) is 8.16. The zero-order chi connectivity index (χ0) is 12.3. The Morgan fingerprint density at radius 3 is 2.65 bits per heavy atom. The van der Waals surface area contributed by atoms with Crippen molar-refractivity contribution in [2.45, 2.75) is 19.4 Å². The lowest BCUT2D eigenvalue weighted by molar-refractivity contribution is -0.121. The number of urea groups is 1.